The molecule has 1 heterocycles. The molecule has 0 saturated heterocycles. The summed E-state index contributed by atoms with van der Waals surface area (Å²) in [6, 6.07) is 17.1. The number of amides is 1. The molecule has 122 valence electrons. The number of benzene rings is 2. The zero-order chi connectivity index (χ0) is 16.9. The molecule has 0 aliphatic heterocycles. The van der Waals surface area contributed by atoms with Gasteiger partial charge in [0.05, 0.1) is 0 Å². The molecule has 0 radical (unpaired) electrons. The molecule has 5 nitrogen and oxygen atoms in total. The van der Waals surface area contributed by atoms with Gasteiger partial charge in [-0.1, -0.05) is 42.1 Å². The Labute approximate surface area is 145 Å². The van der Waals surface area contributed by atoms with Crippen molar-refractivity contribution in [1.29, 1.82) is 0 Å². The zero-order valence-electron chi connectivity index (χ0n) is 13.5. The van der Waals surface area contributed by atoms with Crippen molar-refractivity contribution < 1.29 is 4.79 Å². The van der Waals surface area contributed by atoms with Crippen molar-refractivity contribution in [3.05, 3.63) is 72.1 Å². The summed E-state index contributed by atoms with van der Waals surface area (Å²) < 4.78 is 1.89. The first kappa shape index (κ1) is 16.3. The van der Waals surface area contributed by atoms with Gasteiger partial charge in [0.25, 0.3) is 5.91 Å². The molecule has 6 heteroatoms. The van der Waals surface area contributed by atoms with Crippen molar-refractivity contribution in [2.75, 3.05) is 5.32 Å². The van der Waals surface area contributed by atoms with E-state index in [9.17, 15) is 4.79 Å². The number of thioether (sulfide) groups is 1. The number of carbonyl (C=O) groups excluding carboxylic acids is 1. The van der Waals surface area contributed by atoms with Crippen molar-refractivity contribution in [2.24, 2.45) is 7.05 Å². The number of nitrogens with zero attached hydrogens (tertiary/aromatic N) is 3. The van der Waals surface area contributed by atoms with Gasteiger partial charge in [0.1, 0.15) is 6.33 Å². The first-order valence-electron chi connectivity index (χ1n) is 7.60. The predicted octanol–water partition coefficient (Wildman–Crippen LogP) is 3.92. The van der Waals surface area contributed by atoms with Gasteiger partial charge in [-0.05, 0) is 36.8 Å². The van der Waals surface area contributed by atoms with E-state index < -0.39 is 0 Å². The molecule has 24 heavy (non-hydrogen) atoms. The van der Waals surface area contributed by atoms with Crippen LogP contribution in [0.1, 0.15) is 28.1 Å². The summed E-state index contributed by atoms with van der Waals surface area (Å²) in [6.07, 6.45) is 1.69. The first-order chi connectivity index (χ1) is 11.6. The molecule has 1 unspecified atom stereocenters. The van der Waals surface area contributed by atoms with Crippen molar-refractivity contribution in [2.45, 2.75) is 17.3 Å². The van der Waals surface area contributed by atoms with Gasteiger partial charge in [0, 0.05) is 23.5 Å². The summed E-state index contributed by atoms with van der Waals surface area (Å²) in [5.41, 5.74) is 2.55. The van der Waals surface area contributed by atoms with Gasteiger partial charge in [-0.15, -0.1) is 10.2 Å². The number of carbonyl (C=O) groups is 1. The fraction of sp³-hybridized carbons (Fsp3) is 0.167. The SMILES string of the molecule is CC(Sc1nncn1C)c1cccc(NC(=O)c2ccccc2)c1. The summed E-state index contributed by atoms with van der Waals surface area (Å²) >= 11 is 1.63. The Morgan fingerprint density at radius 1 is 1.17 bits per heavy atom. The molecule has 1 N–H and O–H groups in total. The maximum Gasteiger partial charge on any atom is 0.255 e. The maximum absolute atomic E-state index is 12.3. The highest BCUT2D eigenvalue weighted by atomic mass is 32.2. The molecule has 0 spiro atoms. The summed E-state index contributed by atoms with van der Waals surface area (Å²) in [7, 11) is 1.92. The average Bonchev–Trinajstić information content (AvgIpc) is 3.00. The number of hydrogen-bond acceptors (Lipinski definition) is 4. The van der Waals surface area contributed by atoms with Crippen molar-refractivity contribution >= 4 is 23.4 Å². The highest BCUT2D eigenvalue weighted by Gasteiger charge is 2.12. The Morgan fingerprint density at radius 3 is 2.67 bits per heavy atom. The van der Waals surface area contributed by atoms with Gasteiger partial charge in [-0.3, -0.25) is 4.79 Å². The lowest BCUT2D eigenvalue weighted by Gasteiger charge is -2.13. The van der Waals surface area contributed by atoms with Crippen LogP contribution in [-0.2, 0) is 7.05 Å². The summed E-state index contributed by atoms with van der Waals surface area (Å²) in [5, 5.41) is 12.0. The fourth-order valence-corrected chi connectivity index (χ4v) is 3.17. The van der Waals surface area contributed by atoms with Gasteiger partial charge >= 0.3 is 0 Å². The fourth-order valence-electron chi connectivity index (χ4n) is 2.27. The van der Waals surface area contributed by atoms with Gasteiger partial charge in [-0.25, -0.2) is 0 Å². The minimum atomic E-state index is -0.110. The second kappa shape index (κ2) is 7.31. The molecule has 0 bridgehead atoms. The molecule has 1 amide bonds. The second-order valence-electron chi connectivity index (χ2n) is 5.43. The van der Waals surface area contributed by atoms with Gasteiger partial charge in [-0.2, -0.15) is 0 Å². The molecule has 3 aromatic rings. The molecular weight excluding hydrogens is 320 g/mol. The highest BCUT2D eigenvalue weighted by molar-refractivity contribution is 7.99. The monoisotopic (exact) mass is 338 g/mol. The Morgan fingerprint density at radius 2 is 1.96 bits per heavy atom. The lowest BCUT2D eigenvalue weighted by atomic mass is 10.1. The largest absolute Gasteiger partial charge is 0.322 e. The average molecular weight is 338 g/mol. The van der Waals surface area contributed by atoms with Crippen LogP contribution in [0.3, 0.4) is 0 Å². The third-order valence-electron chi connectivity index (χ3n) is 3.60. The lowest BCUT2D eigenvalue weighted by Crippen LogP contribution is -2.11. The normalized spacial score (nSPS) is 11.9. The number of aryl methyl sites for hydroxylation is 1. The second-order valence-corrected chi connectivity index (χ2v) is 6.74. The molecule has 1 aromatic heterocycles. The van der Waals surface area contributed by atoms with E-state index in [1.807, 2.05) is 54.1 Å². The molecule has 3 rings (SSSR count). The Balaban J connectivity index is 1.72. The summed E-state index contributed by atoms with van der Waals surface area (Å²) in [6.45, 7) is 2.11. The van der Waals surface area contributed by atoms with Crippen LogP contribution < -0.4 is 5.32 Å². The Bertz CT molecular complexity index is 832. The number of rotatable bonds is 5. The third-order valence-corrected chi connectivity index (χ3v) is 4.81. The van der Waals surface area contributed by atoms with Gasteiger partial charge in [0.15, 0.2) is 5.16 Å². The van der Waals surface area contributed by atoms with E-state index in [-0.39, 0.29) is 11.2 Å². The molecule has 0 saturated carbocycles. The number of anilines is 1. The van der Waals surface area contributed by atoms with E-state index in [1.54, 1.807) is 30.2 Å². The van der Waals surface area contributed by atoms with E-state index >= 15 is 0 Å². The number of aromatic nitrogens is 3. The van der Waals surface area contributed by atoms with E-state index in [0.29, 0.717) is 5.56 Å². The Hall–Kier alpha value is -2.60. The minimum absolute atomic E-state index is 0.110. The quantitative estimate of drug-likeness (QED) is 0.716. The van der Waals surface area contributed by atoms with Gasteiger partial charge < -0.3 is 9.88 Å². The number of nitrogens with one attached hydrogen (secondary N) is 1. The van der Waals surface area contributed by atoms with Crippen LogP contribution in [0.25, 0.3) is 0 Å². The first-order valence-corrected chi connectivity index (χ1v) is 8.48. The number of hydrogen-bond donors (Lipinski definition) is 1. The van der Waals surface area contributed by atoms with Crippen molar-refractivity contribution in [3.8, 4) is 0 Å². The summed E-state index contributed by atoms with van der Waals surface area (Å²) in [5.74, 6) is -0.110. The van der Waals surface area contributed by atoms with Gasteiger partial charge in [0.2, 0.25) is 0 Å². The van der Waals surface area contributed by atoms with Crippen LogP contribution in [0.4, 0.5) is 5.69 Å². The smallest absolute Gasteiger partial charge is 0.255 e. The molecule has 1 atom stereocenters. The van der Waals surface area contributed by atoms with Crippen molar-refractivity contribution in [1.82, 2.24) is 14.8 Å². The zero-order valence-corrected chi connectivity index (χ0v) is 14.3. The van der Waals surface area contributed by atoms with E-state index in [2.05, 4.69) is 22.4 Å². The molecule has 0 fully saturated rings. The molecular formula is C18H18N4OS. The molecule has 0 aliphatic carbocycles. The highest BCUT2D eigenvalue weighted by Crippen LogP contribution is 2.34. The van der Waals surface area contributed by atoms with Crippen LogP contribution in [-0.4, -0.2) is 20.7 Å². The van der Waals surface area contributed by atoms with Crippen molar-refractivity contribution in [3.63, 3.8) is 0 Å². The van der Waals surface area contributed by atoms with Crippen LogP contribution >= 0.6 is 11.8 Å². The van der Waals surface area contributed by atoms with E-state index in [1.165, 1.54) is 0 Å². The maximum atomic E-state index is 12.3. The van der Waals surface area contributed by atoms with Crippen LogP contribution in [0.15, 0.2) is 66.1 Å². The predicted molar refractivity (Wildman–Crippen MR) is 96.1 cm³/mol. The Kier molecular flexibility index (Phi) is 4.96. The topological polar surface area (TPSA) is 59.8 Å². The van der Waals surface area contributed by atoms with Crippen LogP contribution in [0.5, 0.6) is 0 Å². The van der Waals surface area contributed by atoms with E-state index in [0.717, 1.165) is 16.4 Å². The molecule has 0 aliphatic rings. The third kappa shape index (κ3) is 3.83. The van der Waals surface area contributed by atoms with Crippen LogP contribution in [0.2, 0.25) is 0 Å². The standard InChI is InChI=1S/C18H18N4OS/c1-13(24-18-21-19-12-22(18)2)15-9-6-10-16(11-15)20-17(23)14-7-4-3-5-8-14/h3-13H,1-2H3,(H,20,23). The minimum Gasteiger partial charge on any atom is -0.322 e. The van der Waals surface area contributed by atoms with E-state index in [4.69, 9.17) is 0 Å². The van der Waals surface area contributed by atoms with Crippen LogP contribution in [0, 0.1) is 0 Å². The summed E-state index contributed by atoms with van der Waals surface area (Å²) in [4.78, 5) is 12.3. The molecule has 2 aromatic carbocycles. The lowest BCUT2D eigenvalue weighted by molar-refractivity contribution is 0.102.